The van der Waals surface area contributed by atoms with E-state index in [-0.39, 0.29) is 11.6 Å². The molecule has 1 aliphatic rings. The Morgan fingerprint density at radius 3 is 2.88 bits per heavy atom. The summed E-state index contributed by atoms with van der Waals surface area (Å²) in [6, 6.07) is 9.26. The number of fused-ring (bicyclic) bond motifs is 1. The van der Waals surface area contributed by atoms with E-state index in [0.29, 0.717) is 10.7 Å². The third kappa shape index (κ3) is 4.50. The summed E-state index contributed by atoms with van der Waals surface area (Å²) in [5.74, 6) is 0. The predicted octanol–water partition coefficient (Wildman–Crippen LogP) is 4.08. The van der Waals surface area contributed by atoms with E-state index in [2.05, 4.69) is 32.1 Å². The quantitative estimate of drug-likeness (QED) is 0.571. The number of aromatic nitrogens is 3. The molecule has 2 heterocycles. The van der Waals surface area contributed by atoms with Crippen LogP contribution in [0.5, 0.6) is 0 Å². The lowest BCUT2D eigenvalue weighted by atomic mass is 9.97. The van der Waals surface area contributed by atoms with Crippen LogP contribution < -0.4 is 15.6 Å². The number of rotatable bonds is 5. The van der Waals surface area contributed by atoms with Crippen molar-refractivity contribution in [3.8, 4) is 17.2 Å². The summed E-state index contributed by atoms with van der Waals surface area (Å²) in [4.78, 5) is 32.8. The molecule has 1 aromatic carbocycles. The molecule has 1 aliphatic carbocycles. The predicted molar refractivity (Wildman–Crippen MR) is 123 cm³/mol. The first-order valence-electron chi connectivity index (χ1n) is 10.3. The Bertz CT molecular complexity index is 1280. The number of urea groups is 1. The van der Waals surface area contributed by atoms with Crippen molar-refractivity contribution in [1.82, 2.24) is 19.3 Å². The van der Waals surface area contributed by atoms with Crippen LogP contribution in [0, 0.1) is 11.3 Å². The van der Waals surface area contributed by atoms with Crippen molar-refractivity contribution in [2.24, 2.45) is 0 Å². The fraction of sp³-hybridized carbons (Fsp3) is 0.261. The maximum atomic E-state index is 12.8. The molecular formula is C23H22N6O2S. The fourth-order valence-electron chi connectivity index (χ4n) is 3.80. The Morgan fingerprint density at radius 1 is 1.25 bits per heavy atom. The van der Waals surface area contributed by atoms with Crippen molar-refractivity contribution in [2.75, 3.05) is 5.32 Å². The molecule has 8 nitrogen and oxygen atoms in total. The zero-order chi connectivity index (χ0) is 22.7. The number of hydrogen-bond acceptors (Lipinski definition) is 6. The minimum atomic E-state index is -0.393. The largest absolute Gasteiger partial charge is 0.329 e. The van der Waals surface area contributed by atoms with Crippen LogP contribution in [0.15, 0.2) is 52.7 Å². The third-order valence-corrected chi connectivity index (χ3v) is 6.03. The lowest BCUT2D eigenvalue weighted by molar-refractivity contribution is 0.257. The van der Waals surface area contributed by atoms with Crippen molar-refractivity contribution in [3.05, 3.63) is 70.0 Å². The van der Waals surface area contributed by atoms with Gasteiger partial charge in [0.05, 0.1) is 11.9 Å². The van der Waals surface area contributed by atoms with Gasteiger partial charge < -0.3 is 9.88 Å². The highest BCUT2D eigenvalue weighted by atomic mass is 32.2. The zero-order valence-electron chi connectivity index (χ0n) is 17.8. The first kappa shape index (κ1) is 21.6. The van der Waals surface area contributed by atoms with Crippen molar-refractivity contribution >= 4 is 23.7 Å². The molecule has 4 rings (SSSR count). The summed E-state index contributed by atoms with van der Waals surface area (Å²) in [5.41, 5.74) is 4.87. The van der Waals surface area contributed by atoms with Crippen molar-refractivity contribution in [2.45, 2.75) is 44.2 Å². The first-order chi connectivity index (χ1) is 15.5. The van der Waals surface area contributed by atoms with Crippen molar-refractivity contribution < 1.29 is 4.79 Å². The number of nitrogens with one attached hydrogen (secondary N) is 2. The highest BCUT2D eigenvalue weighted by Crippen LogP contribution is 2.37. The Hall–Kier alpha value is -3.64. The summed E-state index contributed by atoms with van der Waals surface area (Å²) in [5, 5.41) is 12.7. The number of amides is 2. The second-order valence-electron chi connectivity index (χ2n) is 7.74. The molecule has 0 saturated heterocycles. The van der Waals surface area contributed by atoms with Crippen molar-refractivity contribution in [1.29, 1.82) is 5.26 Å². The summed E-state index contributed by atoms with van der Waals surface area (Å²) in [6.07, 6.45) is 7.36. The van der Waals surface area contributed by atoms with Gasteiger partial charge in [-0.15, -0.1) is 0 Å². The van der Waals surface area contributed by atoms with Gasteiger partial charge in [-0.2, -0.15) is 5.26 Å². The van der Waals surface area contributed by atoms with E-state index in [4.69, 9.17) is 0 Å². The summed E-state index contributed by atoms with van der Waals surface area (Å²) >= 11 is 1.04. The highest BCUT2D eigenvalue weighted by molar-refractivity contribution is 7.97. The Balaban J connectivity index is 1.58. The van der Waals surface area contributed by atoms with Gasteiger partial charge in [-0.05, 0) is 61.9 Å². The Kier molecular flexibility index (Phi) is 6.23. The molecule has 0 fully saturated rings. The molecule has 0 saturated carbocycles. The lowest BCUT2D eigenvalue weighted by Crippen LogP contribution is -2.25. The van der Waals surface area contributed by atoms with Crippen LogP contribution in [0.1, 0.15) is 43.1 Å². The van der Waals surface area contributed by atoms with E-state index >= 15 is 0 Å². The average Bonchev–Trinajstić information content (AvgIpc) is 3.28. The van der Waals surface area contributed by atoms with Gasteiger partial charge in [0.25, 0.3) is 5.56 Å². The second-order valence-corrected chi connectivity index (χ2v) is 8.57. The number of hydrogen-bond donors (Lipinski definition) is 2. The van der Waals surface area contributed by atoms with E-state index in [1.165, 1.54) is 11.8 Å². The van der Waals surface area contributed by atoms with Crippen molar-refractivity contribution in [3.63, 3.8) is 0 Å². The van der Waals surface area contributed by atoms with Gasteiger partial charge in [-0.3, -0.25) is 9.52 Å². The molecule has 0 radical (unpaired) electrons. The van der Waals surface area contributed by atoms with Crippen LogP contribution in [-0.4, -0.2) is 20.6 Å². The van der Waals surface area contributed by atoms with Crippen LogP contribution in [0.3, 0.4) is 0 Å². The van der Waals surface area contributed by atoms with Gasteiger partial charge >= 0.3 is 6.03 Å². The first-order valence-corrected chi connectivity index (χ1v) is 11.1. The van der Waals surface area contributed by atoms with Crippen LogP contribution in [0.2, 0.25) is 0 Å². The zero-order valence-corrected chi connectivity index (χ0v) is 18.6. The van der Waals surface area contributed by atoms with Gasteiger partial charge in [0.2, 0.25) is 0 Å². The minimum Gasteiger partial charge on any atom is -0.309 e. The molecule has 2 N–H and O–H groups in total. The standard InChI is InChI=1S/C23H22N6O2S/c1-14(2)29-13-20(26-12-21(29)30)32-28-23(31)27-22-18-5-3-4-15(18)6-7-19(22)16-8-9-25-17(10-16)11-24/h6-10,12-14H,3-5H2,1-2H3,(H2,27,28,31). The number of pyridine rings is 1. The highest BCUT2D eigenvalue weighted by Gasteiger charge is 2.21. The molecule has 162 valence electrons. The van der Waals surface area contributed by atoms with Gasteiger partial charge in [0.15, 0.2) is 0 Å². The van der Waals surface area contributed by atoms with E-state index in [0.717, 1.165) is 53.6 Å². The lowest BCUT2D eigenvalue weighted by Gasteiger charge is -2.16. The second kappa shape index (κ2) is 9.24. The topological polar surface area (TPSA) is 113 Å². The summed E-state index contributed by atoms with van der Waals surface area (Å²) in [7, 11) is 0. The van der Waals surface area contributed by atoms with Gasteiger partial charge in [0, 0.05) is 35.9 Å². The molecule has 2 amide bonds. The fourth-order valence-corrected chi connectivity index (χ4v) is 4.32. The Morgan fingerprint density at radius 2 is 2.09 bits per heavy atom. The monoisotopic (exact) mass is 446 g/mol. The number of carbonyl (C=O) groups excluding carboxylic acids is 1. The van der Waals surface area contributed by atoms with E-state index in [1.54, 1.807) is 23.0 Å². The smallest absolute Gasteiger partial charge is 0.309 e. The Labute approximate surface area is 189 Å². The third-order valence-electron chi connectivity index (χ3n) is 5.32. The van der Waals surface area contributed by atoms with Crippen LogP contribution in [0.4, 0.5) is 10.5 Å². The van der Waals surface area contributed by atoms with Crippen LogP contribution >= 0.6 is 11.9 Å². The maximum absolute atomic E-state index is 12.8. The number of benzene rings is 1. The van der Waals surface area contributed by atoms with E-state index in [9.17, 15) is 14.9 Å². The molecule has 9 heteroatoms. The molecule has 3 aromatic rings. The number of carbonyl (C=O) groups is 1. The van der Waals surface area contributed by atoms with E-state index < -0.39 is 6.03 Å². The normalized spacial score (nSPS) is 12.3. The van der Waals surface area contributed by atoms with Crippen LogP contribution in [0.25, 0.3) is 11.1 Å². The van der Waals surface area contributed by atoms with Gasteiger partial charge in [-0.25, -0.2) is 14.8 Å². The molecular weight excluding hydrogens is 424 g/mol. The molecule has 0 aliphatic heterocycles. The summed E-state index contributed by atoms with van der Waals surface area (Å²) in [6.45, 7) is 3.81. The maximum Gasteiger partial charge on any atom is 0.329 e. The number of nitriles is 1. The molecule has 0 bridgehead atoms. The average molecular weight is 447 g/mol. The van der Waals surface area contributed by atoms with Crippen LogP contribution in [-0.2, 0) is 12.8 Å². The number of nitrogens with zero attached hydrogens (tertiary/aromatic N) is 4. The molecule has 0 unspecified atom stereocenters. The minimum absolute atomic E-state index is 0.00759. The molecule has 0 spiro atoms. The molecule has 0 atom stereocenters. The molecule has 2 aromatic heterocycles. The van der Waals surface area contributed by atoms with E-state index in [1.807, 2.05) is 26.0 Å². The SMILES string of the molecule is CC(C)n1cc(SNC(=O)Nc2c(-c3ccnc(C#N)c3)ccc3c2CCC3)ncc1=O. The molecule has 32 heavy (non-hydrogen) atoms. The summed E-state index contributed by atoms with van der Waals surface area (Å²) < 4.78 is 4.31. The number of aryl methyl sites for hydroxylation is 1. The van der Waals surface area contributed by atoms with Gasteiger partial charge in [0.1, 0.15) is 16.8 Å². The number of anilines is 1. The van der Waals surface area contributed by atoms with Gasteiger partial charge in [-0.1, -0.05) is 12.1 Å².